The third-order valence-corrected chi connectivity index (χ3v) is 8.64. The Morgan fingerprint density at radius 3 is 1.63 bits per heavy atom. The van der Waals surface area contributed by atoms with E-state index < -0.39 is 95.8 Å². The van der Waals surface area contributed by atoms with Gasteiger partial charge in [0.05, 0.1) is 26.7 Å². The van der Waals surface area contributed by atoms with Gasteiger partial charge in [-0.3, -0.25) is 23.2 Å². The highest BCUT2D eigenvalue weighted by atomic mass is 32.2. The van der Waals surface area contributed by atoms with E-state index >= 15 is 0 Å². The number of fused-ring (bicyclic) bond motifs is 2. The molecule has 0 radical (unpaired) electrons. The van der Waals surface area contributed by atoms with E-state index in [4.69, 9.17) is 17.2 Å². The van der Waals surface area contributed by atoms with Crippen molar-refractivity contribution in [1.29, 1.82) is 0 Å². The summed E-state index contributed by atoms with van der Waals surface area (Å²) in [5.41, 5.74) is 12.6. The quantitative estimate of drug-likeness (QED) is 0.144. The predicted molar refractivity (Wildman–Crippen MR) is 133 cm³/mol. The molecule has 9 N–H and O–H groups in total. The van der Waals surface area contributed by atoms with Crippen molar-refractivity contribution in [1.82, 2.24) is 0 Å². The number of ketones is 2. The van der Waals surface area contributed by atoms with Crippen LogP contribution in [0.5, 0.6) is 0 Å². The lowest BCUT2D eigenvalue weighted by Gasteiger charge is -2.26. The van der Waals surface area contributed by atoms with Crippen LogP contribution in [0.3, 0.4) is 0 Å². The summed E-state index contributed by atoms with van der Waals surface area (Å²) in [6.07, 6.45) is 0. The Labute approximate surface area is 215 Å². The molecule has 1 aliphatic rings. The number of benzene rings is 3. The first-order chi connectivity index (χ1) is 17.3. The number of carbonyl (C=O) groups excluding carboxylic acids is 2. The summed E-state index contributed by atoms with van der Waals surface area (Å²) in [6.45, 7) is 1.33. The predicted octanol–water partition coefficient (Wildman–Crippen LogP) is 0.924. The summed E-state index contributed by atoms with van der Waals surface area (Å²) in [5, 5.41) is 0. The Hall–Kier alpha value is -3.87. The smallest absolute Gasteiger partial charge is 0.298 e. The van der Waals surface area contributed by atoms with Gasteiger partial charge in [0.25, 0.3) is 30.4 Å². The summed E-state index contributed by atoms with van der Waals surface area (Å²) < 4.78 is 100. The molecule has 17 heteroatoms. The molecule has 38 heavy (non-hydrogen) atoms. The Morgan fingerprint density at radius 2 is 1.11 bits per heavy atom. The van der Waals surface area contributed by atoms with Gasteiger partial charge in [-0.2, -0.15) is 25.3 Å². The molecule has 4 rings (SSSR count). The molecule has 14 nitrogen and oxygen atoms in total. The average Bonchev–Trinajstić information content (AvgIpc) is 2.76. The van der Waals surface area contributed by atoms with Crippen LogP contribution in [0, 0.1) is 6.92 Å². The second-order valence-electron chi connectivity index (χ2n) is 8.26. The van der Waals surface area contributed by atoms with Gasteiger partial charge < -0.3 is 17.2 Å². The standard InChI is InChI=1S/C21H17N3O11S3/c1-7-11(5-9(6-13(7)22)37(30,31)32)14-15-16(18(24)21(17(14)23)38(33,34)35)19(25)10-3-2-8(36(27,28)29)4-12(10)20(15)26/h2-6H,22-24H2,1H3,(H,27,28,29)(H,30,31,32)(H,33,34,35). The number of nitrogens with two attached hydrogens (primary N) is 3. The van der Waals surface area contributed by atoms with Gasteiger partial charge in [-0.1, -0.05) is 0 Å². The normalized spacial score (nSPS) is 13.8. The first kappa shape index (κ1) is 27.2. The minimum absolute atomic E-state index is 0.0232. The molecule has 200 valence electrons. The molecule has 0 saturated carbocycles. The van der Waals surface area contributed by atoms with Crippen LogP contribution in [-0.4, -0.2) is 50.5 Å². The second-order valence-corrected chi connectivity index (χ2v) is 12.5. The topological polar surface area (TPSA) is 275 Å². The largest absolute Gasteiger partial charge is 0.398 e. The summed E-state index contributed by atoms with van der Waals surface area (Å²) in [5.74, 6) is -2.18. The van der Waals surface area contributed by atoms with Crippen molar-refractivity contribution in [3.05, 3.63) is 58.1 Å². The molecule has 3 aromatic carbocycles. The molecular weight excluding hydrogens is 566 g/mol. The average molecular weight is 584 g/mol. The van der Waals surface area contributed by atoms with Crippen LogP contribution in [0.25, 0.3) is 11.1 Å². The number of carbonyl (C=O) groups is 2. The maximum Gasteiger partial charge on any atom is 0.298 e. The monoisotopic (exact) mass is 583 g/mol. The lowest BCUT2D eigenvalue weighted by Crippen LogP contribution is -2.26. The summed E-state index contributed by atoms with van der Waals surface area (Å²) in [4.78, 5) is 24.5. The first-order valence-electron chi connectivity index (χ1n) is 10.1. The zero-order valence-electron chi connectivity index (χ0n) is 19.0. The Balaban J connectivity index is 2.27. The van der Waals surface area contributed by atoms with Gasteiger partial charge in [-0.05, 0) is 48.4 Å². The minimum Gasteiger partial charge on any atom is -0.398 e. The van der Waals surface area contributed by atoms with Gasteiger partial charge in [0.15, 0.2) is 11.6 Å². The van der Waals surface area contributed by atoms with E-state index in [2.05, 4.69) is 0 Å². The van der Waals surface area contributed by atoms with Crippen molar-refractivity contribution in [2.75, 3.05) is 17.2 Å². The van der Waals surface area contributed by atoms with Crippen molar-refractivity contribution >= 4 is 59.0 Å². The van der Waals surface area contributed by atoms with E-state index in [1.807, 2.05) is 0 Å². The second kappa shape index (κ2) is 8.32. The van der Waals surface area contributed by atoms with Crippen LogP contribution >= 0.6 is 0 Å². The number of hydrogen-bond donors (Lipinski definition) is 6. The third-order valence-electron chi connectivity index (χ3n) is 6.01. The molecule has 0 heterocycles. The summed E-state index contributed by atoms with van der Waals surface area (Å²) in [6, 6.07) is 4.10. The van der Waals surface area contributed by atoms with Crippen LogP contribution in [-0.2, 0) is 30.4 Å². The molecular formula is C21H17N3O11S3. The molecule has 0 atom stereocenters. The van der Waals surface area contributed by atoms with Gasteiger partial charge in [0.1, 0.15) is 4.90 Å². The highest BCUT2D eigenvalue weighted by Crippen LogP contribution is 2.47. The number of anilines is 3. The van der Waals surface area contributed by atoms with Crippen molar-refractivity contribution < 1.29 is 48.5 Å². The van der Waals surface area contributed by atoms with Gasteiger partial charge >= 0.3 is 0 Å². The van der Waals surface area contributed by atoms with Crippen molar-refractivity contribution in [3.63, 3.8) is 0 Å². The van der Waals surface area contributed by atoms with Crippen LogP contribution < -0.4 is 17.2 Å². The zero-order chi connectivity index (χ0) is 28.7. The van der Waals surface area contributed by atoms with Gasteiger partial charge in [0.2, 0.25) is 0 Å². The van der Waals surface area contributed by atoms with E-state index in [1.54, 1.807) is 0 Å². The molecule has 0 amide bonds. The highest BCUT2D eigenvalue weighted by Gasteiger charge is 2.40. The Morgan fingerprint density at radius 1 is 0.605 bits per heavy atom. The summed E-state index contributed by atoms with van der Waals surface area (Å²) in [7, 11) is -15.0. The number of nitrogen functional groups attached to an aromatic ring is 3. The van der Waals surface area contributed by atoms with Crippen LogP contribution in [0.4, 0.5) is 17.1 Å². The van der Waals surface area contributed by atoms with E-state index in [-0.39, 0.29) is 16.8 Å². The molecule has 0 aliphatic heterocycles. The number of rotatable bonds is 4. The SMILES string of the molecule is Cc1c(N)cc(S(=O)(=O)O)cc1-c1c(N)c(S(=O)(=O)O)c(N)c2c1C(=O)c1cc(S(=O)(=O)O)ccc1C2=O. The van der Waals surface area contributed by atoms with E-state index in [9.17, 15) is 48.5 Å². The molecule has 0 aromatic heterocycles. The molecule has 0 bridgehead atoms. The highest BCUT2D eigenvalue weighted by molar-refractivity contribution is 7.86. The lowest BCUT2D eigenvalue weighted by atomic mass is 9.78. The zero-order valence-corrected chi connectivity index (χ0v) is 21.4. The van der Waals surface area contributed by atoms with Gasteiger partial charge in [-0.25, -0.2) is 0 Å². The van der Waals surface area contributed by atoms with Crippen molar-refractivity contribution in [3.8, 4) is 11.1 Å². The van der Waals surface area contributed by atoms with E-state index in [0.29, 0.717) is 6.07 Å². The molecule has 1 aliphatic carbocycles. The minimum atomic E-state index is -5.26. The molecule has 0 saturated heterocycles. The van der Waals surface area contributed by atoms with Crippen LogP contribution in [0.1, 0.15) is 37.4 Å². The summed E-state index contributed by atoms with van der Waals surface area (Å²) >= 11 is 0. The third kappa shape index (κ3) is 4.10. The first-order valence-corrected chi connectivity index (χ1v) is 14.4. The maximum atomic E-state index is 13.7. The van der Waals surface area contributed by atoms with Crippen molar-refractivity contribution in [2.45, 2.75) is 21.6 Å². The van der Waals surface area contributed by atoms with Crippen molar-refractivity contribution in [2.24, 2.45) is 0 Å². The molecule has 3 aromatic rings. The fourth-order valence-electron chi connectivity index (χ4n) is 4.24. The van der Waals surface area contributed by atoms with E-state index in [1.165, 1.54) is 6.92 Å². The fraction of sp³-hybridized carbons (Fsp3) is 0.0476. The fourth-order valence-corrected chi connectivity index (χ4v) is 6.05. The number of hydrogen-bond acceptors (Lipinski definition) is 11. The lowest BCUT2D eigenvalue weighted by molar-refractivity contribution is 0.0979. The van der Waals surface area contributed by atoms with Crippen LogP contribution in [0.2, 0.25) is 0 Å². The van der Waals surface area contributed by atoms with Crippen LogP contribution in [0.15, 0.2) is 45.0 Å². The Bertz CT molecular complexity index is 1970. The van der Waals surface area contributed by atoms with Gasteiger partial charge in [-0.15, -0.1) is 0 Å². The Kier molecular flexibility index (Phi) is 5.95. The molecule has 0 fully saturated rings. The van der Waals surface area contributed by atoms with Gasteiger partial charge in [0, 0.05) is 27.9 Å². The van der Waals surface area contributed by atoms with E-state index in [0.717, 1.165) is 24.3 Å². The molecule has 0 spiro atoms. The molecule has 0 unspecified atom stereocenters. The maximum absolute atomic E-state index is 13.7.